The molecule has 0 saturated heterocycles. The molecule has 0 aliphatic heterocycles. The Morgan fingerprint density at radius 3 is 1.31 bits per heavy atom. The van der Waals surface area contributed by atoms with E-state index < -0.39 is 0 Å². The predicted molar refractivity (Wildman–Crippen MR) is 116 cm³/mol. The molecular weight excluding hydrogens is 338 g/mol. The molecule has 0 aromatic rings. The third-order valence-corrected chi connectivity index (χ3v) is 5.54. The van der Waals surface area contributed by atoms with E-state index in [1.807, 2.05) is 6.08 Å². The van der Waals surface area contributed by atoms with Crippen LogP contribution in [-0.4, -0.2) is 31.7 Å². The van der Waals surface area contributed by atoms with Crippen LogP contribution < -0.4 is 12.4 Å². The highest BCUT2D eigenvalue weighted by molar-refractivity contribution is 4.65. The summed E-state index contributed by atoms with van der Waals surface area (Å²) < 4.78 is 1.20. The van der Waals surface area contributed by atoms with Gasteiger partial charge in [-0.2, -0.15) is 0 Å². The van der Waals surface area contributed by atoms with Gasteiger partial charge in [-0.15, -0.1) is 6.58 Å². The van der Waals surface area contributed by atoms with Gasteiger partial charge in [-0.1, -0.05) is 90.0 Å². The van der Waals surface area contributed by atoms with Crippen molar-refractivity contribution in [3.63, 3.8) is 0 Å². The number of allylic oxidation sites excluding steroid dienone is 1. The Morgan fingerprint density at radius 2 is 0.923 bits per heavy atom. The van der Waals surface area contributed by atoms with E-state index in [9.17, 15) is 0 Å². The number of rotatable bonds is 20. The molecule has 0 aromatic heterocycles. The first-order chi connectivity index (χ1) is 12.1. The second-order valence-electron chi connectivity index (χ2n) is 8.76. The van der Waals surface area contributed by atoms with Crippen molar-refractivity contribution in [1.29, 1.82) is 0 Å². The van der Waals surface area contributed by atoms with Crippen molar-refractivity contribution in [2.45, 2.75) is 116 Å². The lowest BCUT2D eigenvalue weighted by Crippen LogP contribution is -3.00. The number of hydrogen-bond donors (Lipinski definition) is 0. The maximum Gasteiger partial charge on any atom is 0.0782 e. The summed E-state index contributed by atoms with van der Waals surface area (Å²) in [6, 6.07) is 0. The first-order valence-corrected chi connectivity index (χ1v) is 11.6. The van der Waals surface area contributed by atoms with Gasteiger partial charge in [0.05, 0.1) is 27.2 Å². The Bertz CT molecular complexity index is 275. The summed E-state index contributed by atoms with van der Waals surface area (Å²) in [6.07, 6.45) is 26.2. The van der Waals surface area contributed by atoms with Crippen LogP contribution in [0.1, 0.15) is 116 Å². The summed E-state index contributed by atoms with van der Waals surface area (Å²) in [4.78, 5) is 0. The quantitative estimate of drug-likeness (QED) is 0.158. The fourth-order valence-corrected chi connectivity index (χ4v) is 3.67. The number of hydrogen-bond acceptors (Lipinski definition) is 0. The predicted octanol–water partition coefficient (Wildman–Crippen LogP) is 4.90. The average Bonchev–Trinajstić information content (AvgIpc) is 2.59. The van der Waals surface area contributed by atoms with Crippen molar-refractivity contribution in [3.05, 3.63) is 12.7 Å². The Morgan fingerprint density at radius 1 is 0.577 bits per heavy atom. The van der Waals surface area contributed by atoms with Gasteiger partial charge in [-0.25, -0.2) is 0 Å². The van der Waals surface area contributed by atoms with Gasteiger partial charge in [-0.3, -0.25) is 0 Å². The van der Waals surface area contributed by atoms with Gasteiger partial charge in [0.15, 0.2) is 0 Å². The van der Waals surface area contributed by atoms with Crippen LogP contribution in [0.2, 0.25) is 0 Å². The fraction of sp³-hybridized carbons (Fsp3) is 0.917. The van der Waals surface area contributed by atoms with Crippen LogP contribution in [0, 0.1) is 0 Å². The van der Waals surface area contributed by atoms with Gasteiger partial charge in [0.2, 0.25) is 0 Å². The molecular formula is C24H50ClN. The monoisotopic (exact) mass is 387 g/mol. The molecule has 0 saturated carbocycles. The number of nitrogens with zero attached hydrogens (tertiary/aromatic N) is 1. The first kappa shape index (κ1) is 28.2. The topological polar surface area (TPSA) is 0 Å². The molecule has 0 atom stereocenters. The van der Waals surface area contributed by atoms with Gasteiger partial charge in [0.1, 0.15) is 0 Å². The third-order valence-electron chi connectivity index (χ3n) is 5.54. The minimum Gasteiger partial charge on any atom is -1.00 e. The average molecular weight is 388 g/mol. The maximum atomic E-state index is 3.81. The van der Waals surface area contributed by atoms with Crippen LogP contribution in [-0.2, 0) is 0 Å². The minimum absolute atomic E-state index is 0. The number of halogens is 1. The van der Waals surface area contributed by atoms with Crippen LogP contribution in [0.25, 0.3) is 0 Å². The molecule has 0 amide bonds. The van der Waals surface area contributed by atoms with Crippen LogP contribution in [0.5, 0.6) is 0 Å². The molecule has 2 heteroatoms. The summed E-state index contributed by atoms with van der Waals surface area (Å²) in [6.45, 7) is 8.79. The lowest BCUT2D eigenvalue weighted by atomic mass is 10.0. The Kier molecular flexibility index (Phi) is 23.1. The molecule has 0 heterocycles. The normalized spacial score (nSPS) is 11.3. The molecule has 0 fully saturated rings. The molecule has 1 nitrogen and oxygen atoms in total. The van der Waals surface area contributed by atoms with Crippen molar-refractivity contribution >= 4 is 0 Å². The molecule has 0 N–H and O–H groups in total. The molecule has 158 valence electrons. The largest absolute Gasteiger partial charge is 1.00 e. The zero-order chi connectivity index (χ0) is 18.6. The van der Waals surface area contributed by atoms with Crippen LogP contribution in [0.4, 0.5) is 0 Å². The lowest BCUT2D eigenvalue weighted by Gasteiger charge is -2.29. The molecule has 0 aliphatic carbocycles. The van der Waals surface area contributed by atoms with Crippen molar-refractivity contribution in [2.24, 2.45) is 0 Å². The fourth-order valence-electron chi connectivity index (χ4n) is 3.67. The number of unbranched alkanes of at least 4 members (excludes halogenated alkanes) is 15. The number of quaternary nitrogens is 1. The Balaban J connectivity index is 0. The van der Waals surface area contributed by atoms with Crippen LogP contribution >= 0.6 is 0 Å². The van der Waals surface area contributed by atoms with Crippen LogP contribution in [0.3, 0.4) is 0 Å². The standard InChI is InChI=1S/C24H50N.ClH/c1-5-7-9-11-12-13-14-15-16-17-18-19-20-22-24-25(3,4)23-21-10-8-6-2;/h6H,2,5,7-24H2,1,3-4H3;1H/q+1;/p-1. The van der Waals surface area contributed by atoms with Crippen molar-refractivity contribution in [3.8, 4) is 0 Å². The van der Waals surface area contributed by atoms with Gasteiger partial charge in [-0.05, 0) is 32.1 Å². The maximum absolute atomic E-state index is 3.81. The Hall–Kier alpha value is -0.0100. The lowest BCUT2D eigenvalue weighted by molar-refractivity contribution is -0.890. The van der Waals surface area contributed by atoms with Crippen LogP contribution in [0.15, 0.2) is 12.7 Å². The van der Waals surface area contributed by atoms with E-state index in [4.69, 9.17) is 0 Å². The zero-order valence-corrected chi connectivity index (χ0v) is 19.3. The zero-order valence-electron chi connectivity index (χ0n) is 18.5. The molecule has 0 aromatic carbocycles. The molecule has 0 aliphatic rings. The molecule has 0 rings (SSSR count). The van der Waals surface area contributed by atoms with E-state index in [1.165, 1.54) is 127 Å². The second kappa shape index (κ2) is 21.3. The molecule has 0 spiro atoms. The highest BCUT2D eigenvalue weighted by atomic mass is 35.5. The Labute approximate surface area is 173 Å². The summed E-state index contributed by atoms with van der Waals surface area (Å²) in [5, 5.41) is 0. The van der Waals surface area contributed by atoms with Crippen molar-refractivity contribution < 1.29 is 16.9 Å². The highest BCUT2D eigenvalue weighted by Gasteiger charge is 2.13. The SMILES string of the molecule is C=CCCCC[N+](C)(C)CCCCCCCCCCCCCCCC.[Cl-]. The molecule has 26 heavy (non-hydrogen) atoms. The minimum atomic E-state index is 0. The van der Waals surface area contributed by atoms with E-state index in [1.54, 1.807) is 0 Å². The van der Waals surface area contributed by atoms with Crippen molar-refractivity contribution in [1.82, 2.24) is 0 Å². The van der Waals surface area contributed by atoms with E-state index >= 15 is 0 Å². The molecule has 0 radical (unpaired) electrons. The highest BCUT2D eigenvalue weighted by Crippen LogP contribution is 2.14. The van der Waals surface area contributed by atoms with E-state index in [2.05, 4.69) is 27.6 Å². The third kappa shape index (κ3) is 22.0. The second-order valence-corrected chi connectivity index (χ2v) is 8.76. The summed E-state index contributed by atoms with van der Waals surface area (Å²) in [7, 11) is 4.80. The van der Waals surface area contributed by atoms with E-state index in [0.29, 0.717) is 0 Å². The summed E-state index contributed by atoms with van der Waals surface area (Å²) >= 11 is 0. The van der Waals surface area contributed by atoms with Gasteiger partial charge in [0.25, 0.3) is 0 Å². The molecule has 0 unspecified atom stereocenters. The summed E-state index contributed by atoms with van der Waals surface area (Å²) in [5.41, 5.74) is 0. The van der Waals surface area contributed by atoms with E-state index in [0.717, 1.165) is 0 Å². The molecule has 0 bridgehead atoms. The summed E-state index contributed by atoms with van der Waals surface area (Å²) in [5.74, 6) is 0. The van der Waals surface area contributed by atoms with Gasteiger partial charge < -0.3 is 16.9 Å². The first-order valence-electron chi connectivity index (χ1n) is 11.6. The van der Waals surface area contributed by atoms with Gasteiger partial charge >= 0.3 is 0 Å². The van der Waals surface area contributed by atoms with Gasteiger partial charge in [0, 0.05) is 0 Å². The van der Waals surface area contributed by atoms with Crippen molar-refractivity contribution in [2.75, 3.05) is 27.2 Å². The van der Waals surface area contributed by atoms with E-state index in [-0.39, 0.29) is 12.4 Å². The smallest absolute Gasteiger partial charge is 0.0782 e.